The van der Waals surface area contributed by atoms with Crippen LogP contribution >= 0.6 is 11.8 Å². The second-order valence-electron chi connectivity index (χ2n) is 4.05. The molecule has 0 heterocycles. The molecule has 5 nitrogen and oxygen atoms in total. The first-order chi connectivity index (χ1) is 8.92. The fourth-order valence-electron chi connectivity index (χ4n) is 1.43. The highest BCUT2D eigenvalue weighted by Crippen LogP contribution is 2.10. The summed E-state index contributed by atoms with van der Waals surface area (Å²) >= 11 is 1.72. The third kappa shape index (κ3) is 6.60. The molecule has 0 atom stereocenters. The number of amides is 1. The van der Waals surface area contributed by atoms with Gasteiger partial charge in [-0.15, -0.1) is 0 Å². The Bertz CT molecular complexity index is 512. The average Bonchev–Trinajstić information content (AvgIpc) is 2.34. The van der Waals surface area contributed by atoms with E-state index < -0.39 is 10.0 Å². The zero-order valence-electron chi connectivity index (χ0n) is 11.0. The van der Waals surface area contributed by atoms with Crippen molar-refractivity contribution in [3.05, 3.63) is 35.4 Å². The Hall–Kier alpha value is -1.05. The Morgan fingerprint density at radius 1 is 1.21 bits per heavy atom. The predicted molar refractivity (Wildman–Crippen MR) is 78.8 cm³/mol. The molecule has 1 aromatic carbocycles. The van der Waals surface area contributed by atoms with Crippen LogP contribution in [0, 0.1) is 0 Å². The molecular weight excluding hydrogens is 284 g/mol. The van der Waals surface area contributed by atoms with Gasteiger partial charge in [-0.1, -0.05) is 12.1 Å². The Morgan fingerprint density at radius 2 is 1.84 bits per heavy atom. The molecule has 106 valence electrons. The maximum absolute atomic E-state index is 11.7. The van der Waals surface area contributed by atoms with Gasteiger partial charge in [-0.3, -0.25) is 4.79 Å². The molecule has 0 aliphatic carbocycles. The van der Waals surface area contributed by atoms with Crippen LogP contribution in [0.2, 0.25) is 0 Å². The van der Waals surface area contributed by atoms with Gasteiger partial charge in [0.15, 0.2) is 0 Å². The summed E-state index contributed by atoms with van der Waals surface area (Å²) in [6.45, 7) is 0.452. The van der Waals surface area contributed by atoms with Crippen molar-refractivity contribution >= 4 is 27.7 Å². The third-order valence-corrected chi connectivity index (χ3v) is 3.65. The van der Waals surface area contributed by atoms with Crippen LogP contribution in [0.5, 0.6) is 0 Å². The number of hydrogen-bond acceptors (Lipinski definition) is 4. The summed E-state index contributed by atoms with van der Waals surface area (Å²) in [5.74, 6) is 0.714. The van der Waals surface area contributed by atoms with Gasteiger partial charge < -0.3 is 5.32 Å². The van der Waals surface area contributed by atoms with Crippen LogP contribution in [0.3, 0.4) is 0 Å². The Kier molecular flexibility index (Phi) is 6.33. The molecule has 0 spiro atoms. The summed E-state index contributed by atoms with van der Waals surface area (Å²) in [6.07, 6.45) is 3.11. The highest BCUT2D eigenvalue weighted by molar-refractivity contribution is 7.97. The van der Waals surface area contributed by atoms with E-state index in [-0.39, 0.29) is 19.0 Å². The Balaban J connectivity index is 2.41. The molecule has 0 radical (unpaired) electrons. The van der Waals surface area contributed by atoms with Crippen LogP contribution in [-0.2, 0) is 15.8 Å². The van der Waals surface area contributed by atoms with Gasteiger partial charge in [0, 0.05) is 24.4 Å². The van der Waals surface area contributed by atoms with E-state index in [0.29, 0.717) is 5.56 Å². The first-order valence-corrected chi connectivity index (χ1v) is 9.01. The quantitative estimate of drug-likeness (QED) is 0.732. The van der Waals surface area contributed by atoms with Gasteiger partial charge in [0.2, 0.25) is 10.0 Å². The lowest BCUT2D eigenvalue weighted by atomic mass is 10.1. The molecule has 1 rings (SSSR count). The first-order valence-electron chi connectivity index (χ1n) is 5.73. The zero-order chi connectivity index (χ0) is 14.3. The maximum atomic E-state index is 11.7. The highest BCUT2D eigenvalue weighted by atomic mass is 32.2. The van der Waals surface area contributed by atoms with Gasteiger partial charge in [0.25, 0.3) is 5.91 Å². The summed E-state index contributed by atoms with van der Waals surface area (Å²) in [6, 6.07) is 7.37. The highest BCUT2D eigenvalue weighted by Gasteiger charge is 2.05. The maximum Gasteiger partial charge on any atom is 0.251 e. The largest absolute Gasteiger partial charge is 0.351 e. The third-order valence-electron chi connectivity index (χ3n) is 2.30. The van der Waals surface area contributed by atoms with E-state index in [1.54, 1.807) is 23.9 Å². The van der Waals surface area contributed by atoms with Crippen molar-refractivity contribution in [1.29, 1.82) is 0 Å². The second-order valence-corrected chi connectivity index (χ2v) is 6.75. The second kappa shape index (κ2) is 7.52. The lowest BCUT2D eigenvalue weighted by Crippen LogP contribution is -2.34. The molecule has 19 heavy (non-hydrogen) atoms. The number of nitrogens with one attached hydrogen (secondary N) is 2. The minimum atomic E-state index is -3.20. The Labute approximate surface area is 118 Å². The van der Waals surface area contributed by atoms with Crippen LogP contribution in [0.4, 0.5) is 0 Å². The van der Waals surface area contributed by atoms with Crippen molar-refractivity contribution in [2.24, 2.45) is 0 Å². The minimum Gasteiger partial charge on any atom is -0.351 e. The van der Waals surface area contributed by atoms with Crippen molar-refractivity contribution < 1.29 is 13.2 Å². The van der Waals surface area contributed by atoms with Crippen molar-refractivity contribution in [3.8, 4) is 0 Å². The number of thioether (sulfide) groups is 1. The number of rotatable bonds is 7. The van der Waals surface area contributed by atoms with E-state index in [1.165, 1.54) is 5.56 Å². The average molecular weight is 302 g/mol. The topological polar surface area (TPSA) is 75.3 Å². The molecule has 0 saturated carbocycles. The zero-order valence-corrected chi connectivity index (χ0v) is 12.6. The van der Waals surface area contributed by atoms with Crippen molar-refractivity contribution in [2.45, 2.75) is 5.75 Å². The van der Waals surface area contributed by atoms with Crippen LogP contribution in [0.15, 0.2) is 24.3 Å². The normalized spacial score (nSPS) is 11.3. The molecule has 0 unspecified atom stereocenters. The molecule has 2 N–H and O–H groups in total. The van der Waals surface area contributed by atoms with Crippen LogP contribution in [0.25, 0.3) is 0 Å². The SMILES string of the molecule is CSCc1ccc(C(=O)NCCNS(C)(=O)=O)cc1. The summed E-state index contributed by atoms with van der Waals surface area (Å²) in [5, 5.41) is 2.65. The van der Waals surface area contributed by atoms with Gasteiger partial charge in [-0.2, -0.15) is 11.8 Å². The van der Waals surface area contributed by atoms with Gasteiger partial charge in [0.1, 0.15) is 0 Å². The van der Waals surface area contributed by atoms with E-state index in [4.69, 9.17) is 0 Å². The molecule has 1 amide bonds. The molecule has 0 aliphatic rings. The van der Waals surface area contributed by atoms with Gasteiger partial charge >= 0.3 is 0 Å². The van der Waals surface area contributed by atoms with E-state index in [0.717, 1.165) is 12.0 Å². The number of carbonyl (C=O) groups excluding carboxylic acids is 1. The van der Waals surface area contributed by atoms with Gasteiger partial charge in [-0.05, 0) is 24.0 Å². The Morgan fingerprint density at radius 3 is 2.37 bits per heavy atom. The summed E-state index contributed by atoms with van der Waals surface area (Å²) in [5.41, 5.74) is 1.74. The van der Waals surface area contributed by atoms with E-state index >= 15 is 0 Å². The molecule has 0 bridgehead atoms. The van der Waals surface area contributed by atoms with Crippen LogP contribution in [-0.4, -0.2) is 39.9 Å². The lowest BCUT2D eigenvalue weighted by Gasteiger charge is -2.06. The van der Waals surface area contributed by atoms with E-state index in [2.05, 4.69) is 10.0 Å². The van der Waals surface area contributed by atoms with Crippen molar-refractivity contribution in [2.75, 3.05) is 25.6 Å². The molecule has 1 aromatic rings. The number of sulfonamides is 1. The monoisotopic (exact) mass is 302 g/mol. The van der Waals surface area contributed by atoms with Gasteiger partial charge in [0.05, 0.1) is 6.26 Å². The van der Waals surface area contributed by atoms with Crippen LogP contribution in [0.1, 0.15) is 15.9 Å². The van der Waals surface area contributed by atoms with Gasteiger partial charge in [-0.25, -0.2) is 13.1 Å². The number of hydrogen-bond donors (Lipinski definition) is 2. The first kappa shape index (κ1) is 16.0. The molecule has 7 heteroatoms. The summed E-state index contributed by atoms with van der Waals surface area (Å²) in [4.78, 5) is 11.7. The smallest absolute Gasteiger partial charge is 0.251 e. The van der Waals surface area contributed by atoms with Crippen LogP contribution < -0.4 is 10.0 Å². The standard InChI is InChI=1S/C12H18N2O3S2/c1-18-9-10-3-5-11(6-4-10)12(15)13-7-8-14-19(2,16)17/h3-6,14H,7-9H2,1-2H3,(H,13,15). The molecular formula is C12H18N2O3S2. The predicted octanol–water partition coefficient (Wildman–Crippen LogP) is 0.829. The van der Waals surface area contributed by atoms with E-state index in [1.807, 2.05) is 18.4 Å². The summed E-state index contributed by atoms with van der Waals surface area (Å²) < 4.78 is 23.9. The summed E-state index contributed by atoms with van der Waals surface area (Å²) in [7, 11) is -3.20. The molecule has 0 saturated heterocycles. The molecule has 0 fully saturated rings. The fourth-order valence-corrected chi connectivity index (χ4v) is 2.43. The number of benzene rings is 1. The molecule has 0 aliphatic heterocycles. The van der Waals surface area contributed by atoms with E-state index in [9.17, 15) is 13.2 Å². The number of carbonyl (C=O) groups is 1. The fraction of sp³-hybridized carbons (Fsp3) is 0.417. The van der Waals surface area contributed by atoms with Crippen molar-refractivity contribution in [3.63, 3.8) is 0 Å². The minimum absolute atomic E-state index is 0.190. The lowest BCUT2D eigenvalue weighted by molar-refractivity contribution is 0.0954. The molecule has 0 aromatic heterocycles. The van der Waals surface area contributed by atoms with Crippen molar-refractivity contribution in [1.82, 2.24) is 10.0 Å².